The normalized spacial score (nSPS) is 13.3. The minimum atomic E-state index is -3.27. The lowest BCUT2D eigenvalue weighted by atomic mass is 9.96. The molecule has 1 aromatic rings. The summed E-state index contributed by atoms with van der Waals surface area (Å²) in [4.78, 5) is 0. The molecular formula is C13H29N5O2S. The molecule has 8 heteroatoms. The summed E-state index contributed by atoms with van der Waals surface area (Å²) in [5, 5.41) is 11.7. The number of rotatable bonds is 4. The third-order valence-electron chi connectivity index (χ3n) is 2.87. The van der Waals surface area contributed by atoms with Gasteiger partial charge < -0.3 is 0 Å². The Balaban J connectivity index is 0.00000400. The Morgan fingerprint density at radius 1 is 1.14 bits per heavy atom. The molecule has 0 amide bonds. The molecule has 0 N–H and O–H groups in total. The van der Waals surface area contributed by atoms with E-state index < -0.39 is 15.6 Å². The Bertz CT molecular complexity index is 552. The molecule has 7 nitrogen and oxygen atoms in total. The second kappa shape index (κ2) is 6.39. The first kappa shape index (κ1) is 20.0. The van der Waals surface area contributed by atoms with Gasteiger partial charge in [-0.25, -0.2) is 13.1 Å². The first-order valence-corrected chi connectivity index (χ1v) is 8.43. The molecule has 1 aromatic heterocycles. The minimum absolute atomic E-state index is 0. The molecule has 0 aliphatic heterocycles. The maximum atomic E-state index is 11.9. The van der Waals surface area contributed by atoms with Crippen molar-refractivity contribution in [3.8, 4) is 0 Å². The molecule has 0 aliphatic rings. The molecule has 1 heterocycles. The van der Waals surface area contributed by atoms with Crippen LogP contribution in [0.1, 0.15) is 54.8 Å². The zero-order valence-electron chi connectivity index (χ0n) is 13.4. The van der Waals surface area contributed by atoms with E-state index >= 15 is 0 Å². The van der Waals surface area contributed by atoms with Crippen molar-refractivity contribution in [3.05, 3.63) is 5.82 Å². The quantitative estimate of drug-likeness (QED) is 0.843. The van der Waals surface area contributed by atoms with Gasteiger partial charge in [0.2, 0.25) is 10.0 Å². The van der Waals surface area contributed by atoms with Gasteiger partial charge >= 0.3 is 0 Å². The van der Waals surface area contributed by atoms with Gasteiger partial charge in [0.1, 0.15) is 0 Å². The van der Waals surface area contributed by atoms with E-state index in [-0.39, 0.29) is 12.8 Å². The molecule has 0 atom stereocenters. The molecule has 0 radical (unpaired) electrons. The summed E-state index contributed by atoms with van der Waals surface area (Å²) in [7, 11) is -3.27. The molecule has 1 rings (SSSR count). The number of nitrogens with zero attached hydrogens (tertiary/aromatic N) is 5. The largest absolute Gasteiger partial charge is 0.228 e. The van der Waals surface area contributed by atoms with Crippen LogP contribution in [0, 0.1) is 0 Å². The van der Waals surface area contributed by atoms with E-state index in [2.05, 4.69) is 15.5 Å². The number of sulfonamides is 1. The van der Waals surface area contributed by atoms with Crippen LogP contribution >= 0.6 is 0 Å². The van der Waals surface area contributed by atoms with Crippen molar-refractivity contribution in [3.63, 3.8) is 0 Å². The smallest absolute Gasteiger partial charge is 0.211 e. The Labute approximate surface area is 128 Å². The molecular weight excluding hydrogens is 290 g/mol. The number of tetrazole rings is 1. The van der Waals surface area contributed by atoms with E-state index in [9.17, 15) is 8.42 Å². The summed E-state index contributed by atoms with van der Waals surface area (Å²) in [6.45, 7) is 12.5. The van der Waals surface area contributed by atoms with Gasteiger partial charge in [-0.2, -0.15) is 4.31 Å². The summed E-state index contributed by atoms with van der Waals surface area (Å²) in [6, 6.07) is 0. The highest BCUT2D eigenvalue weighted by Gasteiger charge is 2.30. The van der Waals surface area contributed by atoms with Crippen LogP contribution in [0.2, 0.25) is 0 Å². The Hall–Kier alpha value is -1.02. The molecule has 0 spiro atoms. The SMILES string of the molecule is C.CC(C)(C)c1nnnn1CCN(C(C)(C)C)S(C)(=O)=O. The van der Waals surface area contributed by atoms with E-state index in [1.807, 2.05) is 41.5 Å². The summed E-state index contributed by atoms with van der Waals surface area (Å²) in [6.07, 6.45) is 1.22. The molecule has 0 unspecified atom stereocenters. The maximum Gasteiger partial charge on any atom is 0.211 e. The van der Waals surface area contributed by atoms with Crippen LogP contribution in [0.3, 0.4) is 0 Å². The molecule has 0 saturated heterocycles. The molecule has 0 fully saturated rings. The first-order chi connectivity index (χ1) is 8.83. The predicted molar refractivity (Wildman–Crippen MR) is 84.6 cm³/mol. The van der Waals surface area contributed by atoms with Gasteiger partial charge in [0.25, 0.3) is 0 Å². The van der Waals surface area contributed by atoms with Gasteiger partial charge in [-0.05, 0) is 31.2 Å². The molecule has 124 valence electrons. The van der Waals surface area contributed by atoms with E-state index in [0.717, 1.165) is 5.82 Å². The summed E-state index contributed by atoms with van der Waals surface area (Å²) in [5.74, 6) is 0.750. The third kappa shape index (κ3) is 5.35. The van der Waals surface area contributed by atoms with E-state index in [1.54, 1.807) is 4.68 Å². The second-order valence-electron chi connectivity index (χ2n) is 6.98. The van der Waals surface area contributed by atoms with Gasteiger partial charge in [0, 0.05) is 17.5 Å². The fourth-order valence-corrected chi connectivity index (χ4v) is 3.48. The first-order valence-electron chi connectivity index (χ1n) is 6.58. The van der Waals surface area contributed by atoms with Crippen LogP contribution in [-0.2, 0) is 22.0 Å². The maximum absolute atomic E-state index is 11.9. The van der Waals surface area contributed by atoms with Crippen molar-refractivity contribution in [1.82, 2.24) is 24.5 Å². The highest BCUT2D eigenvalue weighted by atomic mass is 32.2. The average Bonchev–Trinajstić information content (AvgIpc) is 2.60. The topological polar surface area (TPSA) is 81.0 Å². The summed E-state index contributed by atoms with van der Waals surface area (Å²) in [5.41, 5.74) is -0.648. The molecule has 0 bridgehead atoms. The van der Waals surface area contributed by atoms with Crippen molar-refractivity contribution < 1.29 is 8.42 Å². The van der Waals surface area contributed by atoms with Crippen molar-refractivity contribution in [2.24, 2.45) is 0 Å². The van der Waals surface area contributed by atoms with Crippen LogP contribution in [0.15, 0.2) is 0 Å². The molecule has 21 heavy (non-hydrogen) atoms. The summed E-state index contributed by atoms with van der Waals surface area (Å²) >= 11 is 0. The average molecular weight is 319 g/mol. The number of aromatic nitrogens is 4. The van der Waals surface area contributed by atoms with Crippen molar-refractivity contribution in [2.45, 2.75) is 66.5 Å². The molecule has 0 aliphatic carbocycles. The lowest BCUT2D eigenvalue weighted by Crippen LogP contribution is -2.46. The van der Waals surface area contributed by atoms with E-state index in [0.29, 0.717) is 13.1 Å². The zero-order chi connectivity index (χ0) is 15.8. The number of hydrogen-bond donors (Lipinski definition) is 0. The molecule has 0 aromatic carbocycles. The Morgan fingerprint density at radius 2 is 1.67 bits per heavy atom. The second-order valence-corrected chi connectivity index (χ2v) is 8.89. The standard InChI is InChI=1S/C12H25N5O2S.CH4/c1-11(2,3)10-13-14-15-16(10)8-9-17(12(4,5)6)20(7,18)19;/h8-9H2,1-7H3;1H4. The van der Waals surface area contributed by atoms with Gasteiger partial charge in [-0.1, -0.05) is 28.2 Å². The van der Waals surface area contributed by atoms with Crippen molar-refractivity contribution in [1.29, 1.82) is 0 Å². The fraction of sp³-hybridized carbons (Fsp3) is 0.923. The van der Waals surface area contributed by atoms with Crippen molar-refractivity contribution >= 4 is 10.0 Å². The van der Waals surface area contributed by atoms with Crippen molar-refractivity contribution in [2.75, 3.05) is 12.8 Å². The summed E-state index contributed by atoms with van der Waals surface area (Å²) < 4.78 is 26.9. The monoisotopic (exact) mass is 319 g/mol. The lowest BCUT2D eigenvalue weighted by Gasteiger charge is -2.33. The highest BCUT2D eigenvalue weighted by Crippen LogP contribution is 2.20. The Morgan fingerprint density at radius 3 is 2.05 bits per heavy atom. The van der Waals surface area contributed by atoms with Gasteiger partial charge in [-0.15, -0.1) is 5.10 Å². The van der Waals surface area contributed by atoms with Crippen LogP contribution in [-0.4, -0.2) is 51.3 Å². The van der Waals surface area contributed by atoms with E-state index in [4.69, 9.17) is 0 Å². The highest BCUT2D eigenvalue weighted by molar-refractivity contribution is 7.88. The van der Waals surface area contributed by atoms with Gasteiger partial charge in [0.15, 0.2) is 5.82 Å². The van der Waals surface area contributed by atoms with Crippen LogP contribution in [0.25, 0.3) is 0 Å². The van der Waals surface area contributed by atoms with Gasteiger partial charge in [-0.3, -0.25) is 0 Å². The molecule has 0 saturated carbocycles. The van der Waals surface area contributed by atoms with E-state index in [1.165, 1.54) is 10.6 Å². The number of hydrogen-bond acceptors (Lipinski definition) is 5. The minimum Gasteiger partial charge on any atom is -0.228 e. The van der Waals surface area contributed by atoms with Crippen LogP contribution in [0.5, 0.6) is 0 Å². The third-order valence-corrected chi connectivity index (χ3v) is 4.40. The van der Waals surface area contributed by atoms with Crippen LogP contribution < -0.4 is 0 Å². The predicted octanol–water partition coefficient (Wildman–Crippen LogP) is 1.67. The fourth-order valence-electron chi connectivity index (χ4n) is 2.08. The van der Waals surface area contributed by atoms with Gasteiger partial charge in [0.05, 0.1) is 12.8 Å². The van der Waals surface area contributed by atoms with Crippen LogP contribution in [0.4, 0.5) is 0 Å². The Kier molecular flexibility index (Phi) is 6.08. The lowest BCUT2D eigenvalue weighted by molar-refractivity contribution is 0.237. The zero-order valence-corrected chi connectivity index (χ0v) is 14.2.